The van der Waals surface area contributed by atoms with E-state index in [-0.39, 0.29) is 0 Å². The molecule has 0 saturated carbocycles. The first-order valence-corrected chi connectivity index (χ1v) is 6.90. The van der Waals surface area contributed by atoms with Gasteiger partial charge >= 0.3 is 0 Å². The molecule has 1 atom stereocenters. The van der Waals surface area contributed by atoms with E-state index in [1.165, 1.54) is 17.5 Å². The SMILES string of the molecule is c1ccc2c(c1)CCC[C@H]2Nc1ncnc2nc[nH]c12. The number of nitrogens with zero attached hydrogens (tertiary/aromatic N) is 3. The topological polar surface area (TPSA) is 66.5 Å². The van der Waals surface area contributed by atoms with Gasteiger partial charge in [0.05, 0.1) is 12.4 Å². The minimum absolute atomic E-state index is 0.307. The summed E-state index contributed by atoms with van der Waals surface area (Å²) in [7, 11) is 0. The smallest absolute Gasteiger partial charge is 0.182 e. The maximum atomic E-state index is 4.35. The van der Waals surface area contributed by atoms with Crippen LogP contribution in [0.5, 0.6) is 0 Å². The van der Waals surface area contributed by atoms with Crippen LogP contribution in [0.1, 0.15) is 30.0 Å². The zero-order chi connectivity index (χ0) is 13.4. The van der Waals surface area contributed by atoms with Crippen LogP contribution in [0.3, 0.4) is 0 Å². The first kappa shape index (κ1) is 11.4. The summed E-state index contributed by atoms with van der Waals surface area (Å²) in [6, 6.07) is 8.94. The number of aryl methyl sites for hydroxylation is 1. The number of hydrogen-bond donors (Lipinski definition) is 2. The van der Waals surface area contributed by atoms with Gasteiger partial charge in [-0.05, 0) is 30.4 Å². The van der Waals surface area contributed by atoms with Crippen molar-refractivity contribution >= 4 is 17.0 Å². The number of rotatable bonds is 2. The summed E-state index contributed by atoms with van der Waals surface area (Å²) in [5.41, 5.74) is 4.39. The molecule has 0 aliphatic heterocycles. The van der Waals surface area contributed by atoms with Gasteiger partial charge in [0, 0.05) is 0 Å². The fourth-order valence-electron chi connectivity index (χ4n) is 2.94. The number of H-pyrrole nitrogens is 1. The van der Waals surface area contributed by atoms with Gasteiger partial charge in [-0.15, -0.1) is 0 Å². The molecule has 0 amide bonds. The van der Waals surface area contributed by atoms with Gasteiger partial charge in [0.25, 0.3) is 0 Å². The number of nitrogens with one attached hydrogen (secondary N) is 2. The van der Waals surface area contributed by atoms with Gasteiger partial charge in [0.15, 0.2) is 11.5 Å². The lowest BCUT2D eigenvalue weighted by atomic mass is 9.88. The largest absolute Gasteiger partial charge is 0.361 e. The van der Waals surface area contributed by atoms with Gasteiger partial charge in [0.1, 0.15) is 11.8 Å². The van der Waals surface area contributed by atoms with Crippen LogP contribution >= 0.6 is 0 Å². The summed E-state index contributed by atoms with van der Waals surface area (Å²) in [6.45, 7) is 0. The molecule has 3 aromatic rings. The van der Waals surface area contributed by atoms with Crippen molar-refractivity contribution in [2.45, 2.75) is 25.3 Å². The van der Waals surface area contributed by atoms with Crippen LogP contribution in [0.4, 0.5) is 5.82 Å². The number of benzene rings is 1. The molecule has 0 unspecified atom stereocenters. The van der Waals surface area contributed by atoms with Crippen LogP contribution in [-0.4, -0.2) is 19.9 Å². The second kappa shape index (κ2) is 4.59. The summed E-state index contributed by atoms with van der Waals surface area (Å²) in [6.07, 6.45) is 6.69. The number of fused-ring (bicyclic) bond motifs is 2. The monoisotopic (exact) mass is 265 g/mol. The molecule has 5 nitrogen and oxygen atoms in total. The molecule has 100 valence electrons. The Labute approximate surface area is 116 Å². The lowest BCUT2D eigenvalue weighted by Gasteiger charge is -2.26. The normalized spacial score (nSPS) is 17.9. The molecule has 1 aliphatic carbocycles. The summed E-state index contributed by atoms with van der Waals surface area (Å²) >= 11 is 0. The molecular formula is C15H15N5. The summed E-state index contributed by atoms with van der Waals surface area (Å²) in [4.78, 5) is 15.8. The molecular weight excluding hydrogens is 250 g/mol. The van der Waals surface area contributed by atoms with Gasteiger partial charge in [0.2, 0.25) is 0 Å². The van der Waals surface area contributed by atoms with E-state index in [9.17, 15) is 0 Å². The van der Waals surface area contributed by atoms with Crippen molar-refractivity contribution < 1.29 is 0 Å². The quantitative estimate of drug-likeness (QED) is 0.747. The fourth-order valence-corrected chi connectivity index (χ4v) is 2.94. The third-order valence-electron chi connectivity index (χ3n) is 3.90. The third-order valence-corrected chi connectivity index (χ3v) is 3.90. The first-order chi connectivity index (χ1) is 9.92. The molecule has 1 aromatic carbocycles. The Morgan fingerprint density at radius 2 is 2.10 bits per heavy atom. The molecule has 0 bridgehead atoms. The van der Waals surface area contributed by atoms with Crippen molar-refractivity contribution in [1.82, 2.24) is 19.9 Å². The average molecular weight is 265 g/mol. The van der Waals surface area contributed by atoms with Gasteiger partial charge in [-0.1, -0.05) is 24.3 Å². The fraction of sp³-hybridized carbons (Fsp3) is 0.267. The Morgan fingerprint density at radius 3 is 3.10 bits per heavy atom. The number of anilines is 1. The Morgan fingerprint density at radius 1 is 1.15 bits per heavy atom. The van der Waals surface area contributed by atoms with Crippen molar-refractivity contribution in [1.29, 1.82) is 0 Å². The van der Waals surface area contributed by atoms with E-state index in [0.717, 1.165) is 24.2 Å². The minimum atomic E-state index is 0.307. The lowest BCUT2D eigenvalue weighted by Crippen LogP contribution is -2.18. The van der Waals surface area contributed by atoms with Crippen LogP contribution in [-0.2, 0) is 6.42 Å². The van der Waals surface area contributed by atoms with Gasteiger partial charge in [-0.25, -0.2) is 15.0 Å². The van der Waals surface area contributed by atoms with Crippen molar-refractivity contribution in [2.24, 2.45) is 0 Å². The second-order valence-electron chi connectivity index (χ2n) is 5.11. The maximum absolute atomic E-state index is 4.35. The molecule has 2 aromatic heterocycles. The summed E-state index contributed by atoms with van der Waals surface area (Å²) in [5.74, 6) is 0.828. The lowest BCUT2D eigenvalue weighted by molar-refractivity contribution is 0.599. The van der Waals surface area contributed by atoms with E-state index in [0.29, 0.717) is 11.7 Å². The number of imidazole rings is 1. The number of aromatic amines is 1. The van der Waals surface area contributed by atoms with Crippen molar-refractivity contribution in [3.05, 3.63) is 48.0 Å². The highest BCUT2D eigenvalue weighted by atomic mass is 15.1. The zero-order valence-electron chi connectivity index (χ0n) is 11.0. The summed E-state index contributed by atoms with van der Waals surface area (Å²) < 4.78 is 0. The minimum Gasteiger partial charge on any atom is -0.361 e. The van der Waals surface area contributed by atoms with E-state index >= 15 is 0 Å². The maximum Gasteiger partial charge on any atom is 0.182 e. The average Bonchev–Trinajstić information content (AvgIpc) is 2.97. The molecule has 1 aliphatic rings. The molecule has 0 spiro atoms. The molecule has 0 saturated heterocycles. The van der Waals surface area contributed by atoms with Gasteiger partial charge in [-0.2, -0.15) is 0 Å². The Bertz CT molecular complexity index is 749. The molecule has 4 rings (SSSR count). The van der Waals surface area contributed by atoms with E-state index in [4.69, 9.17) is 0 Å². The predicted molar refractivity (Wildman–Crippen MR) is 77.4 cm³/mol. The number of aromatic nitrogens is 4. The molecule has 2 N–H and O–H groups in total. The van der Waals surface area contributed by atoms with Crippen molar-refractivity contribution in [3.63, 3.8) is 0 Å². The van der Waals surface area contributed by atoms with Crippen LogP contribution in [0.2, 0.25) is 0 Å². The molecule has 2 heterocycles. The van der Waals surface area contributed by atoms with E-state index < -0.39 is 0 Å². The van der Waals surface area contributed by atoms with Crippen LogP contribution in [0.25, 0.3) is 11.2 Å². The van der Waals surface area contributed by atoms with E-state index in [1.54, 1.807) is 12.7 Å². The standard InChI is InChI=1S/C15H15N5/c1-2-6-11-10(4-1)5-3-7-12(11)20-15-13-14(17-8-16-13)18-9-19-15/h1-2,4,6,8-9,12H,3,5,7H2,(H2,16,17,18,19,20)/t12-/m1/s1. The first-order valence-electron chi connectivity index (χ1n) is 6.90. The highest BCUT2D eigenvalue weighted by molar-refractivity contribution is 5.82. The molecule has 20 heavy (non-hydrogen) atoms. The van der Waals surface area contributed by atoms with Gasteiger partial charge in [-0.3, -0.25) is 0 Å². The Hall–Kier alpha value is -2.43. The van der Waals surface area contributed by atoms with E-state index in [1.807, 2.05) is 0 Å². The second-order valence-corrected chi connectivity index (χ2v) is 5.11. The Kier molecular flexibility index (Phi) is 2.62. The van der Waals surface area contributed by atoms with Crippen LogP contribution < -0.4 is 5.32 Å². The molecule has 0 radical (unpaired) electrons. The molecule has 5 heteroatoms. The Balaban J connectivity index is 1.72. The highest BCUT2D eigenvalue weighted by Crippen LogP contribution is 2.32. The van der Waals surface area contributed by atoms with Crippen LogP contribution in [0.15, 0.2) is 36.9 Å². The van der Waals surface area contributed by atoms with Crippen LogP contribution in [0, 0.1) is 0 Å². The highest BCUT2D eigenvalue weighted by Gasteiger charge is 2.20. The zero-order valence-corrected chi connectivity index (χ0v) is 11.0. The van der Waals surface area contributed by atoms with Gasteiger partial charge < -0.3 is 10.3 Å². The van der Waals surface area contributed by atoms with Crippen molar-refractivity contribution in [3.8, 4) is 0 Å². The molecule has 0 fully saturated rings. The van der Waals surface area contributed by atoms with E-state index in [2.05, 4.69) is 49.5 Å². The summed E-state index contributed by atoms with van der Waals surface area (Å²) in [5, 5.41) is 3.54. The van der Waals surface area contributed by atoms with Crippen molar-refractivity contribution in [2.75, 3.05) is 5.32 Å². The predicted octanol–water partition coefficient (Wildman–Crippen LogP) is 2.84. The number of hydrogen-bond acceptors (Lipinski definition) is 4. The third kappa shape index (κ3) is 1.82.